The molecule has 1 heterocycles. The maximum atomic E-state index is 11.2. The summed E-state index contributed by atoms with van der Waals surface area (Å²) in [4.78, 5) is 11.2. The predicted octanol–water partition coefficient (Wildman–Crippen LogP) is 3.58. The van der Waals surface area contributed by atoms with E-state index in [-0.39, 0.29) is 0 Å². The van der Waals surface area contributed by atoms with Crippen LogP contribution < -0.4 is 10.1 Å². The summed E-state index contributed by atoms with van der Waals surface area (Å²) >= 11 is 2.31. The molecule has 0 saturated carbocycles. The van der Waals surface area contributed by atoms with E-state index in [2.05, 4.69) is 33.3 Å². The molecule has 0 spiro atoms. The maximum absolute atomic E-state index is 11.2. The van der Waals surface area contributed by atoms with E-state index in [0.717, 1.165) is 23.0 Å². The van der Waals surface area contributed by atoms with E-state index >= 15 is 0 Å². The van der Waals surface area contributed by atoms with E-state index in [0.29, 0.717) is 11.9 Å². The molecular weight excluding hydrogens is 423 g/mol. The minimum atomic E-state index is -0.445. The number of carbonyl (C=O) groups is 1. The van der Waals surface area contributed by atoms with Crippen molar-refractivity contribution in [2.75, 3.05) is 11.7 Å². The summed E-state index contributed by atoms with van der Waals surface area (Å²) in [6.45, 7) is 12.0. The van der Waals surface area contributed by atoms with Gasteiger partial charge in [-0.25, -0.2) is 0 Å². The molecular formula is C16H22BINO3P. The number of halogens is 1. The highest BCUT2D eigenvalue weighted by Crippen LogP contribution is 2.38. The van der Waals surface area contributed by atoms with E-state index in [9.17, 15) is 4.79 Å². The number of anilines is 1. The molecule has 7 heteroatoms. The number of hydrogen-bond acceptors (Lipinski definition) is 4. The normalized spacial score (nSPS) is 19.3. The Morgan fingerprint density at radius 3 is 2.35 bits per heavy atom. The molecule has 0 aliphatic carbocycles. The molecule has 1 aromatic carbocycles. The van der Waals surface area contributed by atoms with Crippen molar-refractivity contribution in [1.29, 1.82) is 0 Å². The Morgan fingerprint density at radius 2 is 1.87 bits per heavy atom. The fraction of sp³-hybridized carbons (Fsp3) is 0.438. The first-order valence-corrected chi connectivity index (χ1v) is 11.4. The topological polar surface area (TPSA) is 38.8 Å². The molecule has 1 fully saturated rings. The highest BCUT2D eigenvalue weighted by atomic mass is 127. The Bertz CT molecular complexity index is 620. The molecule has 0 amide bonds. The highest BCUT2D eigenvalue weighted by Gasteiger charge is 2.51. The van der Waals surface area contributed by atoms with Crippen LogP contribution >= 0.6 is 28.4 Å². The summed E-state index contributed by atoms with van der Waals surface area (Å²) in [7, 11) is 1.55. The summed E-state index contributed by atoms with van der Waals surface area (Å²) in [5.74, 6) is 0. The first-order chi connectivity index (χ1) is 10.6. The third-order valence-electron chi connectivity index (χ3n) is 4.52. The van der Waals surface area contributed by atoms with Gasteiger partial charge in [0.15, 0.2) is 0 Å². The maximum Gasteiger partial charge on any atom is 0.494 e. The van der Waals surface area contributed by atoms with E-state index in [4.69, 9.17) is 9.31 Å². The molecule has 23 heavy (non-hydrogen) atoms. The SMILES string of the molecule is C=C(C=O)c1cc(B2OC(C)(C)C(C)(C)O2)ccc1N(C)PI. The third kappa shape index (κ3) is 3.65. The van der Waals surface area contributed by atoms with Crippen LogP contribution in [0.3, 0.4) is 0 Å². The second-order valence-electron chi connectivity index (χ2n) is 6.65. The predicted molar refractivity (Wildman–Crippen MR) is 108 cm³/mol. The lowest BCUT2D eigenvalue weighted by Crippen LogP contribution is -2.41. The van der Waals surface area contributed by atoms with Crippen molar-refractivity contribution >= 4 is 58.5 Å². The first-order valence-electron chi connectivity index (χ1n) is 7.37. The summed E-state index contributed by atoms with van der Waals surface area (Å²) < 4.78 is 14.3. The minimum absolute atomic E-state index is 0.390. The fourth-order valence-corrected chi connectivity index (χ4v) is 3.40. The first kappa shape index (κ1) is 18.9. The van der Waals surface area contributed by atoms with Gasteiger partial charge in [0.1, 0.15) is 6.29 Å². The average Bonchev–Trinajstić information content (AvgIpc) is 2.73. The van der Waals surface area contributed by atoms with Gasteiger partial charge in [0.05, 0.1) is 11.2 Å². The van der Waals surface area contributed by atoms with Crippen molar-refractivity contribution in [3.63, 3.8) is 0 Å². The lowest BCUT2D eigenvalue weighted by atomic mass is 9.77. The Balaban J connectivity index is 2.43. The zero-order chi connectivity index (χ0) is 17.4. The minimum Gasteiger partial charge on any atom is -0.399 e. The van der Waals surface area contributed by atoms with Crippen molar-refractivity contribution < 1.29 is 14.1 Å². The van der Waals surface area contributed by atoms with Crippen molar-refractivity contribution in [1.82, 2.24) is 0 Å². The van der Waals surface area contributed by atoms with Crippen LogP contribution in [-0.2, 0) is 14.1 Å². The van der Waals surface area contributed by atoms with Gasteiger partial charge in [0.2, 0.25) is 0 Å². The number of aldehydes is 1. The number of carbonyl (C=O) groups excluding carboxylic acids is 1. The molecule has 1 aliphatic rings. The van der Waals surface area contributed by atoms with E-state index in [1.54, 1.807) is 0 Å². The largest absolute Gasteiger partial charge is 0.494 e. The highest BCUT2D eigenvalue weighted by molar-refractivity contribution is 14.2. The van der Waals surface area contributed by atoms with Gasteiger partial charge < -0.3 is 14.0 Å². The number of nitrogens with zero attached hydrogens (tertiary/aromatic N) is 1. The van der Waals surface area contributed by atoms with Gasteiger partial charge in [-0.2, -0.15) is 0 Å². The second kappa shape index (κ2) is 6.83. The van der Waals surface area contributed by atoms with Crippen LogP contribution in [0.15, 0.2) is 24.8 Å². The zero-order valence-electron chi connectivity index (χ0n) is 14.1. The standard InChI is InChI=1S/C16H22BINO3P/c1-11(10-20)13-9-12(7-8-14(13)19(6)23-18)17-21-15(2,3)16(4,5)22-17/h7-10,23H,1H2,2-6H3. The molecule has 1 atom stereocenters. The zero-order valence-corrected chi connectivity index (χ0v) is 17.3. The van der Waals surface area contributed by atoms with Crippen molar-refractivity contribution in [2.45, 2.75) is 38.9 Å². The van der Waals surface area contributed by atoms with Gasteiger partial charge >= 0.3 is 7.12 Å². The van der Waals surface area contributed by atoms with Gasteiger partial charge in [-0.15, -0.1) is 0 Å². The van der Waals surface area contributed by atoms with Gasteiger partial charge in [-0.3, -0.25) is 4.79 Å². The number of benzene rings is 1. The monoisotopic (exact) mass is 445 g/mol. The second-order valence-corrected chi connectivity index (χ2v) is 8.94. The van der Waals surface area contributed by atoms with E-state index < -0.39 is 18.3 Å². The number of rotatable bonds is 5. The summed E-state index contributed by atoms with van der Waals surface area (Å²) in [5.41, 5.74) is 2.38. The smallest absolute Gasteiger partial charge is 0.399 e. The molecule has 0 N–H and O–H groups in total. The Hall–Kier alpha value is -0.425. The van der Waals surface area contributed by atoms with Gasteiger partial charge in [0.25, 0.3) is 0 Å². The van der Waals surface area contributed by atoms with Crippen LogP contribution in [0.4, 0.5) is 5.69 Å². The van der Waals surface area contributed by atoms with Gasteiger partial charge in [-0.05, 0) is 61.3 Å². The molecule has 0 aromatic heterocycles. The van der Waals surface area contributed by atoms with Crippen LogP contribution in [-0.4, -0.2) is 31.7 Å². The average molecular weight is 445 g/mol. The van der Waals surface area contributed by atoms with Crippen molar-refractivity contribution in [2.24, 2.45) is 0 Å². The number of hydrogen-bond donors (Lipinski definition) is 0. The molecule has 0 radical (unpaired) electrons. The molecule has 1 aliphatic heterocycles. The Kier molecular flexibility index (Phi) is 5.61. The lowest BCUT2D eigenvalue weighted by Gasteiger charge is -2.32. The summed E-state index contributed by atoms with van der Waals surface area (Å²) in [6, 6.07) is 5.93. The summed E-state index contributed by atoms with van der Waals surface area (Å²) in [6.07, 6.45) is 1.36. The third-order valence-corrected chi connectivity index (χ3v) is 7.19. The quantitative estimate of drug-likeness (QED) is 0.229. The van der Waals surface area contributed by atoms with Crippen LogP contribution in [0.25, 0.3) is 5.57 Å². The summed E-state index contributed by atoms with van der Waals surface area (Å²) in [5, 5.41) is 0. The van der Waals surface area contributed by atoms with Crippen molar-refractivity contribution in [3.05, 3.63) is 30.3 Å². The molecule has 1 unspecified atom stereocenters. The molecule has 1 saturated heterocycles. The lowest BCUT2D eigenvalue weighted by molar-refractivity contribution is -0.103. The van der Waals surface area contributed by atoms with Crippen molar-refractivity contribution in [3.8, 4) is 0 Å². The van der Waals surface area contributed by atoms with Gasteiger partial charge in [0, 0.05) is 30.2 Å². The van der Waals surface area contributed by atoms with E-state index in [1.165, 1.54) is 0 Å². The molecule has 2 rings (SSSR count). The van der Waals surface area contributed by atoms with Crippen LogP contribution in [0.2, 0.25) is 0 Å². The fourth-order valence-electron chi connectivity index (χ4n) is 2.34. The Morgan fingerprint density at radius 1 is 1.30 bits per heavy atom. The molecule has 1 aromatic rings. The number of allylic oxidation sites excluding steroid dienone is 1. The Labute approximate surface area is 153 Å². The van der Waals surface area contributed by atoms with Crippen LogP contribution in [0.1, 0.15) is 33.3 Å². The van der Waals surface area contributed by atoms with Gasteiger partial charge in [-0.1, -0.05) is 18.7 Å². The molecule has 124 valence electrons. The molecule has 0 bridgehead atoms. The van der Waals surface area contributed by atoms with Crippen LogP contribution in [0, 0.1) is 0 Å². The van der Waals surface area contributed by atoms with Crippen LogP contribution in [0.5, 0.6) is 0 Å². The molecule has 4 nitrogen and oxygen atoms in total. The van der Waals surface area contributed by atoms with E-state index in [1.807, 2.05) is 52.9 Å².